The summed E-state index contributed by atoms with van der Waals surface area (Å²) in [5.74, 6) is -0.544. The fraction of sp³-hybridized carbons (Fsp3) is 1.00. The average molecular weight is 202 g/mol. The van der Waals surface area contributed by atoms with Gasteiger partial charge in [-0.2, -0.15) is 0 Å². The van der Waals surface area contributed by atoms with Crippen molar-refractivity contribution in [3.8, 4) is 0 Å². The first kappa shape index (κ1) is 10.4. The van der Waals surface area contributed by atoms with Gasteiger partial charge in [0.15, 0.2) is 12.1 Å². The molecule has 2 aliphatic rings. The van der Waals surface area contributed by atoms with Gasteiger partial charge in [0.1, 0.15) is 6.10 Å². The molecule has 0 saturated carbocycles. The van der Waals surface area contributed by atoms with Crippen LogP contribution < -0.4 is 0 Å². The minimum absolute atomic E-state index is 0.0174. The van der Waals surface area contributed by atoms with Gasteiger partial charge in [-0.3, -0.25) is 0 Å². The quantitative estimate of drug-likeness (QED) is 0.726. The number of aliphatic hydroxyl groups is 1. The van der Waals surface area contributed by atoms with Gasteiger partial charge in [0.05, 0.1) is 12.2 Å². The standard InChI is InChI=1S/C10H18O4/c1-4-6(11)7-5-8-9(12-7)14-10(2,3)13-8/h6-9,11H,4-5H2,1-3H3/t6-,7-,8+,9+/m0/s1. The summed E-state index contributed by atoms with van der Waals surface area (Å²) >= 11 is 0. The van der Waals surface area contributed by atoms with Gasteiger partial charge in [0.25, 0.3) is 0 Å². The van der Waals surface area contributed by atoms with Crippen molar-refractivity contribution < 1.29 is 19.3 Å². The fourth-order valence-electron chi connectivity index (χ4n) is 2.05. The number of hydrogen-bond acceptors (Lipinski definition) is 4. The van der Waals surface area contributed by atoms with Crippen LogP contribution in [0.25, 0.3) is 0 Å². The molecule has 4 nitrogen and oxygen atoms in total. The Hall–Kier alpha value is -0.160. The Kier molecular flexibility index (Phi) is 2.55. The van der Waals surface area contributed by atoms with Crippen LogP contribution >= 0.6 is 0 Å². The van der Waals surface area contributed by atoms with E-state index in [1.807, 2.05) is 20.8 Å². The number of rotatable bonds is 2. The molecule has 1 N–H and O–H groups in total. The highest BCUT2D eigenvalue weighted by Crippen LogP contribution is 2.38. The Bertz CT molecular complexity index is 200. The summed E-state index contributed by atoms with van der Waals surface area (Å²) in [5, 5.41) is 9.61. The number of aliphatic hydroxyl groups excluding tert-OH is 1. The van der Waals surface area contributed by atoms with Crippen LogP contribution in [0.5, 0.6) is 0 Å². The van der Waals surface area contributed by atoms with E-state index in [9.17, 15) is 5.11 Å². The summed E-state index contributed by atoms with van der Waals surface area (Å²) in [6.45, 7) is 5.69. The summed E-state index contributed by atoms with van der Waals surface area (Å²) in [6.07, 6.45) is 0.575. The highest BCUT2D eigenvalue weighted by Gasteiger charge is 2.49. The molecule has 0 radical (unpaired) electrons. The summed E-state index contributed by atoms with van der Waals surface area (Å²) in [5.41, 5.74) is 0. The molecule has 0 aromatic heterocycles. The lowest BCUT2D eigenvalue weighted by atomic mass is 10.1. The lowest BCUT2D eigenvalue weighted by Crippen LogP contribution is -2.30. The largest absolute Gasteiger partial charge is 0.390 e. The van der Waals surface area contributed by atoms with Crippen molar-refractivity contribution in [2.45, 2.75) is 64.0 Å². The summed E-state index contributed by atoms with van der Waals surface area (Å²) in [4.78, 5) is 0. The maximum absolute atomic E-state index is 9.61. The van der Waals surface area contributed by atoms with Crippen LogP contribution in [-0.4, -0.2) is 35.5 Å². The number of hydrogen-bond donors (Lipinski definition) is 1. The molecule has 0 bridgehead atoms. The second kappa shape index (κ2) is 3.45. The van der Waals surface area contributed by atoms with Gasteiger partial charge in [-0.15, -0.1) is 0 Å². The van der Waals surface area contributed by atoms with E-state index in [-0.39, 0.29) is 18.5 Å². The van der Waals surface area contributed by atoms with E-state index < -0.39 is 11.9 Å². The normalized spacial score (nSPS) is 42.4. The molecule has 14 heavy (non-hydrogen) atoms. The van der Waals surface area contributed by atoms with Crippen LogP contribution in [0.1, 0.15) is 33.6 Å². The lowest BCUT2D eigenvalue weighted by Gasteiger charge is -2.22. The Morgan fingerprint density at radius 3 is 2.71 bits per heavy atom. The van der Waals surface area contributed by atoms with Crippen molar-refractivity contribution in [2.24, 2.45) is 0 Å². The molecule has 4 atom stereocenters. The molecule has 0 aromatic carbocycles. The van der Waals surface area contributed by atoms with E-state index in [2.05, 4.69) is 0 Å². The first-order valence-electron chi connectivity index (χ1n) is 5.21. The Balaban J connectivity index is 1.93. The third-order valence-electron chi connectivity index (χ3n) is 2.76. The third-order valence-corrected chi connectivity index (χ3v) is 2.76. The van der Waals surface area contributed by atoms with Crippen LogP contribution in [0.4, 0.5) is 0 Å². The molecule has 4 heteroatoms. The zero-order valence-corrected chi connectivity index (χ0v) is 8.90. The number of ether oxygens (including phenoxy) is 3. The van der Waals surface area contributed by atoms with Crippen molar-refractivity contribution in [3.63, 3.8) is 0 Å². The summed E-state index contributed by atoms with van der Waals surface area (Å²) in [6, 6.07) is 0. The second-order valence-electron chi connectivity index (χ2n) is 4.43. The van der Waals surface area contributed by atoms with Crippen LogP contribution in [-0.2, 0) is 14.2 Å². The van der Waals surface area contributed by atoms with Gasteiger partial charge in [-0.25, -0.2) is 0 Å². The van der Waals surface area contributed by atoms with Gasteiger partial charge in [0, 0.05) is 6.42 Å². The molecule has 0 unspecified atom stereocenters. The van der Waals surface area contributed by atoms with E-state index in [0.29, 0.717) is 6.42 Å². The van der Waals surface area contributed by atoms with Gasteiger partial charge >= 0.3 is 0 Å². The van der Waals surface area contributed by atoms with Crippen molar-refractivity contribution in [1.82, 2.24) is 0 Å². The second-order valence-corrected chi connectivity index (χ2v) is 4.43. The Morgan fingerprint density at radius 1 is 1.43 bits per heavy atom. The minimum Gasteiger partial charge on any atom is -0.390 e. The van der Waals surface area contributed by atoms with Crippen molar-refractivity contribution in [2.75, 3.05) is 0 Å². The molecule has 2 rings (SSSR count). The Morgan fingerprint density at radius 2 is 2.14 bits per heavy atom. The van der Waals surface area contributed by atoms with Gasteiger partial charge < -0.3 is 19.3 Å². The molecule has 2 fully saturated rings. The maximum atomic E-state index is 9.61. The molecular formula is C10H18O4. The predicted molar refractivity (Wildman–Crippen MR) is 49.6 cm³/mol. The highest BCUT2D eigenvalue weighted by atomic mass is 16.8. The molecule has 0 aliphatic carbocycles. The molecule has 0 aromatic rings. The van der Waals surface area contributed by atoms with E-state index >= 15 is 0 Å². The van der Waals surface area contributed by atoms with E-state index in [0.717, 1.165) is 6.42 Å². The van der Waals surface area contributed by atoms with Crippen LogP contribution in [0.2, 0.25) is 0 Å². The van der Waals surface area contributed by atoms with Gasteiger partial charge in [0.2, 0.25) is 0 Å². The zero-order chi connectivity index (χ0) is 10.3. The van der Waals surface area contributed by atoms with E-state index in [1.54, 1.807) is 0 Å². The molecule has 2 heterocycles. The van der Waals surface area contributed by atoms with Crippen LogP contribution in [0, 0.1) is 0 Å². The van der Waals surface area contributed by atoms with Crippen LogP contribution in [0.3, 0.4) is 0 Å². The van der Waals surface area contributed by atoms with Crippen molar-refractivity contribution >= 4 is 0 Å². The molecule has 0 amide bonds. The highest BCUT2D eigenvalue weighted by molar-refractivity contribution is 4.87. The topological polar surface area (TPSA) is 47.9 Å². The molecule has 2 saturated heterocycles. The third kappa shape index (κ3) is 1.80. The molecule has 2 aliphatic heterocycles. The molecular weight excluding hydrogens is 184 g/mol. The maximum Gasteiger partial charge on any atom is 0.187 e. The smallest absolute Gasteiger partial charge is 0.187 e. The van der Waals surface area contributed by atoms with Gasteiger partial charge in [-0.05, 0) is 20.3 Å². The fourth-order valence-corrected chi connectivity index (χ4v) is 2.05. The SMILES string of the molecule is CC[C@H](O)[C@@H]1C[C@H]2OC(C)(C)O[C@H]2O1. The van der Waals surface area contributed by atoms with Crippen molar-refractivity contribution in [1.29, 1.82) is 0 Å². The van der Waals surface area contributed by atoms with Crippen molar-refractivity contribution in [3.05, 3.63) is 0 Å². The zero-order valence-electron chi connectivity index (χ0n) is 8.90. The molecule has 0 spiro atoms. The average Bonchev–Trinajstić information content (AvgIpc) is 2.56. The minimum atomic E-state index is -0.544. The Labute approximate surface area is 84.1 Å². The van der Waals surface area contributed by atoms with Crippen LogP contribution in [0.15, 0.2) is 0 Å². The monoisotopic (exact) mass is 202 g/mol. The van der Waals surface area contributed by atoms with Gasteiger partial charge in [-0.1, -0.05) is 6.92 Å². The summed E-state index contributed by atoms with van der Waals surface area (Å²) < 4.78 is 16.8. The molecule has 82 valence electrons. The first-order valence-corrected chi connectivity index (χ1v) is 5.21. The predicted octanol–water partition coefficient (Wildman–Crippen LogP) is 1.02. The first-order chi connectivity index (χ1) is 6.52. The number of fused-ring (bicyclic) bond motifs is 1. The van der Waals surface area contributed by atoms with E-state index in [1.165, 1.54) is 0 Å². The van der Waals surface area contributed by atoms with E-state index in [4.69, 9.17) is 14.2 Å². The summed E-state index contributed by atoms with van der Waals surface area (Å²) in [7, 11) is 0. The lowest BCUT2D eigenvalue weighted by molar-refractivity contribution is -0.214.